The number of aliphatic imine (C=N–C) groups is 1. The first kappa shape index (κ1) is 22.2. The number of methoxy groups -OCH3 is 1. The fourth-order valence-corrected chi connectivity index (χ4v) is 3.35. The molecule has 2 N–H and O–H groups in total. The molecule has 0 saturated heterocycles. The van der Waals surface area contributed by atoms with Gasteiger partial charge in [0.1, 0.15) is 24.6 Å². The highest BCUT2D eigenvalue weighted by molar-refractivity contribution is 14.0. The predicted molar refractivity (Wildman–Crippen MR) is 123 cm³/mol. The monoisotopic (exact) mass is 523 g/mol. The van der Waals surface area contributed by atoms with Gasteiger partial charge < -0.3 is 15.4 Å². The van der Waals surface area contributed by atoms with E-state index in [2.05, 4.69) is 35.7 Å². The minimum atomic E-state index is 0. The molecule has 3 aromatic rings. The van der Waals surface area contributed by atoms with Crippen LogP contribution in [0.15, 0.2) is 42.0 Å². The molecule has 10 nitrogen and oxygen atoms in total. The number of aryl methyl sites for hydroxylation is 1. The maximum atomic E-state index is 5.13. The first-order valence-corrected chi connectivity index (χ1v) is 9.57. The minimum Gasteiger partial charge on any atom is -0.377 e. The molecule has 0 amide bonds. The molecule has 4 heterocycles. The summed E-state index contributed by atoms with van der Waals surface area (Å²) in [5.74, 6) is 3.35. The standard InChI is InChI=1S/C19H25N9O.HI/c1-20-19(23-10-14-5-6-22-18(9-14)27-8-7-21-13-27)24-15-3-4-17-25-16(12-29-2)26-28(17)11-15;/h5-9,13,15H,3-4,10-12H2,1-2H3,(H2,20,23,24);1H. The number of imidazole rings is 1. The maximum Gasteiger partial charge on any atom is 0.191 e. The van der Waals surface area contributed by atoms with Crippen LogP contribution < -0.4 is 10.6 Å². The van der Waals surface area contributed by atoms with Crippen LogP contribution >= 0.6 is 24.0 Å². The first-order chi connectivity index (χ1) is 14.2. The topological polar surface area (TPSA) is 107 Å². The fraction of sp³-hybridized carbons (Fsp3) is 0.421. The van der Waals surface area contributed by atoms with Crippen molar-refractivity contribution < 1.29 is 4.74 Å². The Morgan fingerprint density at radius 2 is 2.27 bits per heavy atom. The summed E-state index contributed by atoms with van der Waals surface area (Å²) in [5.41, 5.74) is 1.11. The van der Waals surface area contributed by atoms with Gasteiger partial charge in [-0.15, -0.1) is 24.0 Å². The largest absolute Gasteiger partial charge is 0.377 e. The Morgan fingerprint density at radius 3 is 3.03 bits per heavy atom. The lowest BCUT2D eigenvalue weighted by molar-refractivity contribution is 0.177. The zero-order chi connectivity index (χ0) is 20.1. The predicted octanol–water partition coefficient (Wildman–Crippen LogP) is 1.30. The number of hydrogen-bond donors (Lipinski definition) is 2. The Balaban J connectivity index is 0.00000256. The number of ether oxygens (including phenoxy) is 1. The molecule has 0 saturated carbocycles. The van der Waals surface area contributed by atoms with E-state index >= 15 is 0 Å². The van der Waals surface area contributed by atoms with E-state index in [1.165, 1.54) is 0 Å². The number of aromatic nitrogens is 6. The van der Waals surface area contributed by atoms with Gasteiger partial charge >= 0.3 is 0 Å². The van der Waals surface area contributed by atoms with Crippen molar-refractivity contribution in [3.8, 4) is 5.82 Å². The van der Waals surface area contributed by atoms with E-state index in [-0.39, 0.29) is 30.0 Å². The van der Waals surface area contributed by atoms with Gasteiger partial charge in [0.15, 0.2) is 11.8 Å². The summed E-state index contributed by atoms with van der Waals surface area (Å²) < 4.78 is 8.97. The summed E-state index contributed by atoms with van der Waals surface area (Å²) in [7, 11) is 3.43. The number of guanidine groups is 1. The Hall–Kier alpha value is -2.54. The SMILES string of the molecule is CN=C(NCc1ccnc(-n2ccnc2)c1)NC1CCc2nc(COC)nn2C1.I. The number of halogens is 1. The zero-order valence-corrected chi connectivity index (χ0v) is 19.4. The molecule has 1 aliphatic heterocycles. The van der Waals surface area contributed by atoms with Crippen LogP contribution in [0.5, 0.6) is 0 Å². The van der Waals surface area contributed by atoms with E-state index in [0.717, 1.165) is 48.4 Å². The highest BCUT2D eigenvalue weighted by Crippen LogP contribution is 2.13. The molecule has 11 heteroatoms. The first-order valence-electron chi connectivity index (χ1n) is 9.57. The summed E-state index contributed by atoms with van der Waals surface area (Å²) in [6.45, 7) is 1.84. The van der Waals surface area contributed by atoms with E-state index in [4.69, 9.17) is 4.74 Å². The van der Waals surface area contributed by atoms with E-state index in [9.17, 15) is 0 Å². The molecule has 1 aliphatic rings. The Bertz CT molecular complexity index is 970. The molecule has 160 valence electrons. The van der Waals surface area contributed by atoms with Crippen LogP contribution in [0, 0.1) is 0 Å². The summed E-state index contributed by atoms with van der Waals surface area (Å²) in [4.78, 5) is 17.3. The lowest BCUT2D eigenvalue weighted by Crippen LogP contribution is -2.46. The minimum absolute atomic E-state index is 0. The number of rotatable bonds is 6. The van der Waals surface area contributed by atoms with Crippen molar-refractivity contribution in [2.45, 2.75) is 38.6 Å². The van der Waals surface area contributed by atoms with Crippen molar-refractivity contribution in [1.29, 1.82) is 0 Å². The Kier molecular flexibility index (Phi) is 7.74. The third kappa shape index (κ3) is 5.33. The Morgan fingerprint density at radius 1 is 1.37 bits per heavy atom. The van der Waals surface area contributed by atoms with Crippen LogP contribution in [0.1, 0.15) is 23.6 Å². The highest BCUT2D eigenvalue weighted by atomic mass is 127. The van der Waals surface area contributed by atoms with Gasteiger partial charge in [0.2, 0.25) is 0 Å². The molecule has 1 atom stereocenters. The number of nitrogens with one attached hydrogen (secondary N) is 2. The van der Waals surface area contributed by atoms with Crippen LogP contribution in [0.4, 0.5) is 0 Å². The molecule has 3 aromatic heterocycles. The molecular formula is C19H26IN9O. The van der Waals surface area contributed by atoms with Crippen molar-refractivity contribution in [1.82, 2.24) is 39.9 Å². The number of fused-ring (bicyclic) bond motifs is 1. The zero-order valence-electron chi connectivity index (χ0n) is 17.0. The molecule has 0 radical (unpaired) electrons. The maximum absolute atomic E-state index is 5.13. The lowest BCUT2D eigenvalue weighted by Gasteiger charge is -2.25. The highest BCUT2D eigenvalue weighted by Gasteiger charge is 2.22. The smallest absolute Gasteiger partial charge is 0.191 e. The van der Waals surface area contributed by atoms with E-state index in [1.807, 2.05) is 27.6 Å². The number of pyridine rings is 1. The summed E-state index contributed by atoms with van der Waals surface area (Å²) in [6.07, 6.45) is 9.00. The van der Waals surface area contributed by atoms with Gasteiger partial charge in [-0.1, -0.05) is 0 Å². The van der Waals surface area contributed by atoms with Crippen LogP contribution in [0.3, 0.4) is 0 Å². The van der Waals surface area contributed by atoms with Gasteiger partial charge in [-0.05, 0) is 24.1 Å². The second-order valence-electron chi connectivity index (χ2n) is 6.86. The number of hydrogen-bond acceptors (Lipinski definition) is 6. The van der Waals surface area contributed by atoms with Gasteiger partial charge in [-0.2, -0.15) is 5.10 Å². The normalized spacial score (nSPS) is 15.9. The average Bonchev–Trinajstić information content (AvgIpc) is 3.41. The summed E-state index contributed by atoms with van der Waals surface area (Å²) >= 11 is 0. The third-order valence-electron chi connectivity index (χ3n) is 4.78. The van der Waals surface area contributed by atoms with Gasteiger partial charge in [0, 0.05) is 51.8 Å². The van der Waals surface area contributed by atoms with Crippen LogP contribution in [-0.4, -0.2) is 55.5 Å². The molecule has 0 aliphatic carbocycles. The third-order valence-corrected chi connectivity index (χ3v) is 4.78. The number of nitrogens with zero attached hydrogens (tertiary/aromatic N) is 7. The molecule has 30 heavy (non-hydrogen) atoms. The molecule has 0 spiro atoms. The van der Waals surface area contributed by atoms with Gasteiger partial charge in [0.05, 0.1) is 6.54 Å². The van der Waals surface area contributed by atoms with E-state index in [0.29, 0.717) is 13.2 Å². The van der Waals surface area contributed by atoms with Crippen molar-refractivity contribution in [3.63, 3.8) is 0 Å². The molecule has 0 aromatic carbocycles. The molecule has 1 unspecified atom stereocenters. The van der Waals surface area contributed by atoms with Crippen molar-refractivity contribution in [2.75, 3.05) is 14.2 Å². The van der Waals surface area contributed by atoms with E-state index < -0.39 is 0 Å². The van der Waals surface area contributed by atoms with Gasteiger partial charge in [0.25, 0.3) is 0 Å². The average molecular weight is 523 g/mol. The van der Waals surface area contributed by atoms with Crippen LogP contribution in [0.25, 0.3) is 5.82 Å². The quantitative estimate of drug-likeness (QED) is 0.285. The lowest BCUT2D eigenvalue weighted by atomic mass is 10.1. The van der Waals surface area contributed by atoms with Crippen LogP contribution in [0.2, 0.25) is 0 Å². The summed E-state index contributed by atoms with van der Waals surface area (Å²) in [6, 6.07) is 4.26. The van der Waals surface area contributed by atoms with Crippen molar-refractivity contribution in [2.24, 2.45) is 4.99 Å². The second-order valence-corrected chi connectivity index (χ2v) is 6.86. The van der Waals surface area contributed by atoms with E-state index in [1.54, 1.807) is 32.9 Å². The molecule has 0 fully saturated rings. The summed E-state index contributed by atoms with van der Waals surface area (Å²) in [5, 5.41) is 11.4. The van der Waals surface area contributed by atoms with Gasteiger partial charge in [-0.25, -0.2) is 19.6 Å². The van der Waals surface area contributed by atoms with Crippen molar-refractivity contribution >= 4 is 29.9 Å². The van der Waals surface area contributed by atoms with Gasteiger partial charge in [-0.3, -0.25) is 9.56 Å². The Labute approximate surface area is 192 Å². The van der Waals surface area contributed by atoms with Crippen LogP contribution in [-0.2, 0) is 30.9 Å². The fourth-order valence-electron chi connectivity index (χ4n) is 3.35. The second kappa shape index (κ2) is 10.5. The molecular weight excluding hydrogens is 497 g/mol. The van der Waals surface area contributed by atoms with Crippen molar-refractivity contribution in [3.05, 3.63) is 54.3 Å². The molecule has 4 rings (SSSR count). The molecule has 0 bridgehead atoms.